The Kier molecular flexibility index (Phi) is 3.76. The molecule has 2 nitrogen and oxygen atoms in total. The van der Waals surface area contributed by atoms with Gasteiger partial charge in [0.15, 0.2) is 0 Å². The molecule has 0 atom stereocenters. The zero-order valence-corrected chi connectivity index (χ0v) is 5.89. The fraction of sp³-hybridized carbons (Fsp3) is 0.571. The van der Waals surface area contributed by atoms with Crippen molar-refractivity contribution in [2.75, 3.05) is 6.61 Å². The second kappa shape index (κ2) is 4.13. The molecule has 0 radical (unpaired) electrons. The molecule has 0 heterocycles. The van der Waals surface area contributed by atoms with Crippen molar-refractivity contribution in [2.45, 2.75) is 13.8 Å². The van der Waals surface area contributed by atoms with E-state index in [2.05, 4.69) is 11.3 Å². The Morgan fingerprint density at radius 2 is 2.33 bits per heavy atom. The summed E-state index contributed by atoms with van der Waals surface area (Å²) in [5, 5.41) is 0. The third-order valence-electron chi connectivity index (χ3n) is 1.15. The van der Waals surface area contributed by atoms with Gasteiger partial charge in [-0.15, -0.1) is 0 Å². The summed E-state index contributed by atoms with van der Waals surface area (Å²) in [5.41, 5.74) is 0.946. The largest absolute Gasteiger partial charge is 0.463 e. The van der Waals surface area contributed by atoms with E-state index in [1.54, 1.807) is 0 Å². The second-order valence-corrected chi connectivity index (χ2v) is 2.22. The maximum Gasteiger partial charge on any atom is 0.293 e. The summed E-state index contributed by atoms with van der Waals surface area (Å²) >= 11 is 0. The Bertz CT molecular complexity index is 105. The molecular weight excluding hydrogens is 116 g/mol. The van der Waals surface area contributed by atoms with Gasteiger partial charge in [-0.3, -0.25) is 4.79 Å². The topological polar surface area (TPSA) is 26.3 Å². The van der Waals surface area contributed by atoms with Crippen LogP contribution in [-0.2, 0) is 9.53 Å². The number of carbonyl (C=O) groups is 1. The molecule has 0 aromatic carbocycles. The summed E-state index contributed by atoms with van der Waals surface area (Å²) in [5.74, 6) is 0.393. The van der Waals surface area contributed by atoms with Crippen LogP contribution < -0.4 is 0 Å². The van der Waals surface area contributed by atoms with Gasteiger partial charge in [0.2, 0.25) is 0 Å². The predicted molar refractivity (Wildman–Crippen MR) is 36.0 cm³/mol. The Labute approximate surface area is 55.5 Å². The maximum absolute atomic E-state index is 9.67. The van der Waals surface area contributed by atoms with Crippen molar-refractivity contribution in [3.63, 3.8) is 0 Å². The molecule has 52 valence electrons. The molecule has 0 N–H and O–H groups in total. The van der Waals surface area contributed by atoms with Crippen molar-refractivity contribution in [3.8, 4) is 0 Å². The average molecular weight is 128 g/mol. The third-order valence-corrected chi connectivity index (χ3v) is 1.15. The second-order valence-electron chi connectivity index (χ2n) is 2.22. The molecule has 0 aromatic rings. The molecule has 0 unspecified atom stereocenters. The van der Waals surface area contributed by atoms with E-state index in [9.17, 15) is 4.79 Å². The van der Waals surface area contributed by atoms with Crippen molar-refractivity contribution in [3.05, 3.63) is 12.2 Å². The van der Waals surface area contributed by atoms with Crippen LogP contribution in [0.4, 0.5) is 0 Å². The van der Waals surface area contributed by atoms with Gasteiger partial charge in [0.05, 0.1) is 0 Å². The summed E-state index contributed by atoms with van der Waals surface area (Å²) in [4.78, 5) is 9.67. The first kappa shape index (κ1) is 8.21. The van der Waals surface area contributed by atoms with Gasteiger partial charge in [0, 0.05) is 0 Å². The van der Waals surface area contributed by atoms with Gasteiger partial charge >= 0.3 is 0 Å². The molecule has 0 bridgehead atoms. The number of carbonyl (C=O) groups excluding carboxylic acids is 1. The first-order valence-corrected chi connectivity index (χ1v) is 2.91. The van der Waals surface area contributed by atoms with E-state index >= 15 is 0 Å². The minimum absolute atomic E-state index is 0.348. The highest BCUT2D eigenvalue weighted by molar-refractivity contribution is 5.37. The number of hydrogen-bond acceptors (Lipinski definition) is 2. The lowest BCUT2D eigenvalue weighted by Gasteiger charge is -2.05. The molecule has 0 aliphatic heterocycles. The van der Waals surface area contributed by atoms with Gasteiger partial charge in [-0.25, -0.2) is 0 Å². The lowest BCUT2D eigenvalue weighted by Crippen LogP contribution is -2.00. The van der Waals surface area contributed by atoms with Crippen LogP contribution in [0.25, 0.3) is 0 Å². The highest BCUT2D eigenvalue weighted by Crippen LogP contribution is 2.05. The van der Waals surface area contributed by atoms with Crippen LogP contribution in [0.2, 0.25) is 0 Å². The van der Waals surface area contributed by atoms with Gasteiger partial charge in [-0.05, 0) is 11.5 Å². The lowest BCUT2D eigenvalue weighted by atomic mass is 10.1. The standard InChI is InChI=1S/C7H12O2/c1-6(2)7(3)4-9-5-8/h5-6H,3-4H2,1-2H3. The van der Waals surface area contributed by atoms with Crippen LogP contribution in [0.3, 0.4) is 0 Å². The average Bonchev–Trinajstić information content (AvgIpc) is 1.82. The van der Waals surface area contributed by atoms with E-state index in [1.807, 2.05) is 13.8 Å². The Balaban J connectivity index is 3.38. The smallest absolute Gasteiger partial charge is 0.293 e. The van der Waals surface area contributed by atoms with E-state index in [-0.39, 0.29) is 0 Å². The molecule has 2 heteroatoms. The lowest BCUT2D eigenvalue weighted by molar-refractivity contribution is -0.127. The SMILES string of the molecule is C=C(COC=O)C(C)C. The van der Waals surface area contributed by atoms with Crippen molar-refractivity contribution in [2.24, 2.45) is 5.92 Å². The summed E-state index contributed by atoms with van der Waals surface area (Å²) in [7, 11) is 0. The summed E-state index contributed by atoms with van der Waals surface area (Å²) < 4.78 is 4.48. The fourth-order valence-corrected chi connectivity index (χ4v) is 0.308. The molecular formula is C7H12O2. The van der Waals surface area contributed by atoms with E-state index < -0.39 is 0 Å². The van der Waals surface area contributed by atoms with E-state index in [0.29, 0.717) is 19.0 Å². The van der Waals surface area contributed by atoms with Crippen LogP contribution in [0.5, 0.6) is 0 Å². The molecule has 0 amide bonds. The highest BCUT2D eigenvalue weighted by atomic mass is 16.5. The summed E-state index contributed by atoms with van der Waals surface area (Å²) in [6.07, 6.45) is 0. The number of rotatable bonds is 4. The number of ether oxygens (including phenoxy) is 1. The Hall–Kier alpha value is -0.790. The first-order valence-electron chi connectivity index (χ1n) is 2.91. The normalized spacial score (nSPS) is 9.22. The van der Waals surface area contributed by atoms with Gasteiger partial charge < -0.3 is 4.74 Å². The molecule has 0 aliphatic carbocycles. The van der Waals surface area contributed by atoms with Crippen molar-refractivity contribution >= 4 is 6.47 Å². The monoisotopic (exact) mass is 128 g/mol. The minimum atomic E-state index is 0.348. The molecule has 0 aliphatic rings. The van der Waals surface area contributed by atoms with Gasteiger partial charge in [-0.2, -0.15) is 0 Å². The van der Waals surface area contributed by atoms with Crippen LogP contribution in [0.1, 0.15) is 13.8 Å². The van der Waals surface area contributed by atoms with E-state index in [0.717, 1.165) is 5.57 Å². The molecule has 0 aromatic heterocycles. The Morgan fingerprint density at radius 3 is 2.67 bits per heavy atom. The Morgan fingerprint density at radius 1 is 1.78 bits per heavy atom. The highest BCUT2D eigenvalue weighted by Gasteiger charge is 1.98. The van der Waals surface area contributed by atoms with Gasteiger partial charge in [0.1, 0.15) is 6.61 Å². The first-order chi connectivity index (χ1) is 4.18. The van der Waals surface area contributed by atoms with E-state index in [4.69, 9.17) is 0 Å². The molecule has 0 saturated heterocycles. The van der Waals surface area contributed by atoms with Crippen LogP contribution in [0.15, 0.2) is 12.2 Å². The quantitative estimate of drug-likeness (QED) is 0.422. The summed E-state index contributed by atoms with van der Waals surface area (Å²) in [6, 6.07) is 0. The molecule has 0 rings (SSSR count). The predicted octanol–water partition coefficient (Wildman–Crippen LogP) is 1.37. The van der Waals surface area contributed by atoms with Crippen molar-refractivity contribution in [1.82, 2.24) is 0 Å². The van der Waals surface area contributed by atoms with Crippen LogP contribution in [-0.4, -0.2) is 13.1 Å². The van der Waals surface area contributed by atoms with Crippen LogP contribution >= 0.6 is 0 Å². The zero-order chi connectivity index (χ0) is 7.28. The molecule has 0 fully saturated rings. The summed E-state index contributed by atoms with van der Waals surface area (Å²) in [6.45, 7) is 8.52. The van der Waals surface area contributed by atoms with Crippen LogP contribution in [0, 0.1) is 5.92 Å². The zero-order valence-electron chi connectivity index (χ0n) is 5.89. The molecule has 0 spiro atoms. The van der Waals surface area contributed by atoms with Gasteiger partial charge in [-0.1, -0.05) is 20.4 Å². The third kappa shape index (κ3) is 3.76. The molecule has 0 saturated carbocycles. The minimum Gasteiger partial charge on any atom is -0.463 e. The fourth-order valence-electron chi connectivity index (χ4n) is 0.308. The maximum atomic E-state index is 9.67. The van der Waals surface area contributed by atoms with Gasteiger partial charge in [0.25, 0.3) is 6.47 Å². The van der Waals surface area contributed by atoms with Crippen molar-refractivity contribution < 1.29 is 9.53 Å². The van der Waals surface area contributed by atoms with E-state index in [1.165, 1.54) is 0 Å². The van der Waals surface area contributed by atoms with Crippen molar-refractivity contribution in [1.29, 1.82) is 0 Å². The number of hydrogen-bond donors (Lipinski definition) is 0. The molecule has 9 heavy (non-hydrogen) atoms.